The normalized spacial score (nSPS) is 16.3. The lowest BCUT2D eigenvalue weighted by atomic mass is 10.1. The highest BCUT2D eigenvalue weighted by atomic mass is 16.2. The van der Waals surface area contributed by atoms with Gasteiger partial charge in [0, 0.05) is 46.3 Å². The molecule has 1 amide bonds. The Bertz CT molecular complexity index is 505. The molecule has 0 atom stereocenters. The first-order chi connectivity index (χ1) is 9.91. The Kier molecular flexibility index (Phi) is 4.73. The quantitative estimate of drug-likeness (QED) is 0.857. The van der Waals surface area contributed by atoms with Crippen molar-refractivity contribution in [3.8, 4) is 0 Å². The van der Waals surface area contributed by atoms with Crippen LogP contribution in [0.1, 0.15) is 24.2 Å². The van der Waals surface area contributed by atoms with Gasteiger partial charge < -0.3 is 15.5 Å². The minimum absolute atomic E-state index is 0.0461. The monoisotopic (exact) mass is 290 g/mol. The third-order valence-electron chi connectivity index (χ3n) is 4.10. The second-order valence-corrected chi connectivity index (χ2v) is 6.05. The van der Waals surface area contributed by atoms with Gasteiger partial charge >= 0.3 is 0 Å². The summed E-state index contributed by atoms with van der Waals surface area (Å²) in [5, 5.41) is 0. The molecule has 0 aromatic heterocycles. The summed E-state index contributed by atoms with van der Waals surface area (Å²) < 4.78 is 0. The maximum atomic E-state index is 12.2. The van der Waals surface area contributed by atoms with E-state index in [1.165, 1.54) is 0 Å². The largest absolute Gasteiger partial charge is 0.396 e. The zero-order valence-corrected chi connectivity index (χ0v) is 13.5. The van der Waals surface area contributed by atoms with Gasteiger partial charge in [-0.15, -0.1) is 0 Å². The lowest BCUT2D eigenvalue weighted by molar-refractivity contribution is 0.0828. The predicted molar refractivity (Wildman–Crippen MR) is 87.8 cm³/mol. The van der Waals surface area contributed by atoms with Gasteiger partial charge in [0.1, 0.15) is 0 Å². The van der Waals surface area contributed by atoms with Crippen molar-refractivity contribution < 1.29 is 4.79 Å². The molecular weight excluding hydrogens is 264 g/mol. The van der Waals surface area contributed by atoms with Crippen LogP contribution in [0.2, 0.25) is 0 Å². The molecule has 21 heavy (non-hydrogen) atoms. The van der Waals surface area contributed by atoms with Crippen molar-refractivity contribution in [1.82, 2.24) is 9.80 Å². The first-order valence-corrected chi connectivity index (χ1v) is 7.51. The summed E-state index contributed by atoms with van der Waals surface area (Å²) in [5.41, 5.74) is 8.40. The van der Waals surface area contributed by atoms with Gasteiger partial charge in [0.2, 0.25) is 0 Å². The van der Waals surface area contributed by atoms with Gasteiger partial charge in [0.25, 0.3) is 5.91 Å². The van der Waals surface area contributed by atoms with Gasteiger partial charge in [-0.05, 0) is 26.0 Å². The van der Waals surface area contributed by atoms with Gasteiger partial charge in [-0.25, -0.2) is 0 Å². The molecule has 1 aromatic rings. The van der Waals surface area contributed by atoms with Crippen LogP contribution in [0.15, 0.2) is 18.2 Å². The van der Waals surface area contributed by atoms with E-state index in [0.717, 1.165) is 31.9 Å². The summed E-state index contributed by atoms with van der Waals surface area (Å²) >= 11 is 0. The van der Waals surface area contributed by atoms with E-state index in [-0.39, 0.29) is 5.91 Å². The molecule has 2 rings (SSSR count). The van der Waals surface area contributed by atoms with E-state index in [4.69, 9.17) is 5.73 Å². The number of para-hydroxylation sites is 1. The number of nitrogens with zero attached hydrogens (tertiary/aromatic N) is 3. The maximum Gasteiger partial charge on any atom is 0.255 e. The van der Waals surface area contributed by atoms with Crippen LogP contribution in [0.4, 0.5) is 11.4 Å². The minimum Gasteiger partial charge on any atom is -0.396 e. The average molecular weight is 290 g/mol. The molecular formula is C16H26N4O. The van der Waals surface area contributed by atoms with Crippen LogP contribution in [-0.2, 0) is 0 Å². The molecule has 0 bridgehead atoms. The summed E-state index contributed by atoms with van der Waals surface area (Å²) in [6.07, 6.45) is 0. The number of benzene rings is 1. The lowest BCUT2D eigenvalue weighted by Crippen LogP contribution is -2.49. The Morgan fingerprint density at radius 3 is 2.33 bits per heavy atom. The van der Waals surface area contributed by atoms with Crippen molar-refractivity contribution in [2.75, 3.05) is 50.9 Å². The number of amides is 1. The lowest BCUT2D eigenvalue weighted by Gasteiger charge is -2.38. The van der Waals surface area contributed by atoms with Crippen LogP contribution in [0, 0.1) is 0 Å². The van der Waals surface area contributed by atoms with Crippen molar-refractivity contribution >= 4 is 17.3 Å². The molecule has 2 N–H and O–H groups in total. The standard InChI is InChI=1S/C16H26N4O/c1-12(2)19-8-10-20(11-9-19)14-7-5-6-13(15(14)17)16(21)18(3)4/h5-7,12H,8-11,17H2,1-4H3. The fourth-order valence-electron chi connectivity index (χ4n) is 2.74. The Balaban J connectivity index is 2.18. The van der Waals surface area contributed by atoms with E-state index < -0.39 is 0 Å². The van der Waals surface area contributed by atoms with Crippen molar-refractivity contribution in [2.24, 2.45) is 0 Å². The number of rotatable bonds is 3. The van der Waals surface area contributed by atoms with Gasteiger partial charge in [-0.1, -0.05) is 6.07 Å². The van der Waals surface area contributed by atoms with Crippen LogP contribution in [0.3, 0.4) is 0 Å². The Morgan fingerprint density at radius 1 is 1.19 bits per heavy atom. The second kappa shape index (κ2) is 6.35. The minimum atomic E-state index is -0.0461. The molecule has 116 valence electrons. The predicted octanol–water partition coefficient (Wildman–Crippen LogP) is 1.50. The van der Waals surface area contributed by atoms with E-state index in [9.17, 15) is 4.79 Å². The third kappa shape index (κ3) is 3.29. The molecule has 0 aliphatic carbocycles. The van der Waals surface area contributed by atoms with E-state index in [0.29, 0.717) is 17.3 Å². The summed E-state index contributed by atoms with van der Waals surface area (Å²) in [7, 11) is 3.49. The molecule has 0 saturated carbocycles. The Morgan fingerprint density at radius 2 is 1.81 bits per heavy atom. The summed E-state index contributed by atoms with van der Waals surface area (Å²) in [5.74, 6) is -0.0461. The number of carbonyl (C=O) groups excluding carboxylic acids is 1. The average Bonchev–Trinajstić information content (AvgIpc) is 2.47. The molecule has 0 spiro atoms. The Hall–Kier alpha value is -1.75. The van der Waals surface area contributed by atoms with Crippen LogP contribution < -0.4 is 10.6 Å². The van der Waals surface area contributed by atoms with Crippen molar-refractivity contribution in [3.63, 3.8) is 0 Å². The van der Waals surface area contributed by atoms with Crippen LogP contribution in [0.25, 0.3) is 0 Å². The smallest absolute Gasteiger partial charge is 0.255 e. The van der Waals surface area contributed by atoms with Gasteiger partial charge in [0.15, 0.2) is 0 Å². The molecule has 0 radical (unpaired) electrons. The number of nitrogen functional groups attached to an aromatic ring is 1. The number of anilines is 2. The molecule has 1 heterocycles. The zero-order chi connectivity index (χ0) is 15.6. The van der Waals surface area contributed by atoms with Crippen molar-refractivity contribution in [3.05, 3.63) is 23.8 Å². The zero-order valence-electron chi connectivity index (χ0n) is 13.5. The van der Waals surface area contributed by atoms with Gasteiger partial charge in [-0.2, -0.15) is 0 Å². The number of hydrogen-bond donors (Lipinski definition) is 1. The first kappa shape index (κ1) is 15.6. The fraction of sp³-hybridized carbons (Fsp3) is 0.562. The number of nitrogens with two attached hydrogens (primary N) is 1. The molecule has 5 nitrogen and oxygen atoms in total. The highest BCUT2D eigenvalue weighted by Crippen LogP contribution is 2.28. The molecule has 1 fully saturated rings. The van der Waals surface area contributed by atoms with Crippen molar-refractivity contribution in [2.45, 2.75) is 19.9 Å². The van der Waals surface area contributed by atoms with E-state index in [1.54, 1.807) is 25.1 Å². The fourth-order valence-corrected chi connectivity index (χ4v) is 2.74. The SMILES string of the molecule is CC(C)N1CCN(c2cccc(C(=O)N(C)C)c2N)CC1. The molecule has 1 aliphatic heterocycles. The number of hydrogen-bond acceptors (Lipinski definition) is 4. The first-order valence-electron chi connectivity index (χ1n) is 7.51. The van der Waals surface area contributed by atoms with Crippen LogP contribution >= 0.6 is 0 Å². The molecule has 1 aromatic carbocycles. The van der Waals surface area contributed by atoms with Crippen LogP contribution in [-0.4, -0.2) is 62.0 Å². The highest BCUT2D eigenvalue weighted by molar-refractivity contribution is 6.01. The molecule has 1 saturated heterocycles. The topological polar surface area (TPSA) is 52.8 Å². The second-order valence-electron chi connectivity index (χ2n) is 6.05. The van der Waals surface area contributed by atoms with Gasteiger partial charge in [-0.3, -0.25) is 9.69 Å². The summed E-state index contributed by atoms with van der Waals surface area (Å²) in [4.78, 5) is 18.5. The summed E-state index contributed by atoms with van der Waals surface area (Å²) in [6, 6.07) is 6.29. The van der Waals surface area contributed by atoms with Crippen molar-refractivity contribution in [1.29, 1.82) is 0 Å². The Labute approximate surface area is 127 Å². The van der Waals surface area contributed by atoms with Crippen LogP contribution in [0.5, 0.6) is 0 Å². The highest BCUT2D eigenvalue weighted by Gasteiger charge is 2.22. The van der Waals surface area contributed by atoms with E-state index >= 15 is 0 Å². The van der Waals surface area contributed by atoms with E-state index in [1.807, 2.05) is 12.1 Å². The summed E-state index contributed by atoms with van der Waals surface area (Å²) in [6.45, 7) is 8.40. The maximum absolute atomic E-state index is 12.2. The van der Waals surface area contributed by atoms with E-state index in [2.05, 4.69) is 23.6 Å². The van der Waals surface area contributed by atoms with Gasteiger partial charge in [0.05, 0.1) is 16.9 Å². The molecule has 0 unspecified atom stereocenters. The third-order valence-corrected chi connectivity index (χ3v) is 4.10. The molecule has 1 aliphatic rings. The molecule has 5 heteroatoms. The number of piperazine rings is 1. The number of carbonyl (C=O) groups is 1.